The molecule has 1 aliphatic rings. The first-order valence-corrected chi connectivity index (χ1v) is 7.19. The molecule has 0 saturated heterocycles. The Morgan fingerprint density at radius 3 is 2.62 bits per heavy atom. The molecule has 1 fully saturated rings. The van der Waals surface area contributed by atoms with E-state index in [1.54, 1.807) is 0 Å². The van der Waals surface area contributed by atoms with Gasteiger partial charge in [-0.1, -0.05) is 6.92 Å². The largest absolute Gasteiger partial charge is 0.307 e. The van der Waals surface area contributed by atoms with Crippen molar-refractivity contribution in [3.63, 3.8) is 0 Å². The maximum Gasteiger partial charge on any atom is 0.0304 e. The molecule has 1 aliphatic carbocycles. The molecule has 0 bridgehead atoms. The Labute approximate surface area is 103 Å². The molecular formula is C14H23NS. The predicted molar refractivity (Wildman–Crippen MR) is 71.9 cm³/mol. The first kappa shape index (κ1) is 12.1. The summed E-state index contributed by atoms with van der Waals surface area (Å²) >= 11 is 1.91. The Kier molecular flexibility index (Phi) is 3.70. The van der Waals surface area contributed by atoms with Crippen LogP contribution in [0.5, 0.6) is 0 Å². The number of rotatable bonds is 3. The third-order valence-corrected chi connectivity index (χ3v) is 4.86. The minimum absolute atomic E-state index is 0.379. The normalized spacial score (nSPS) is 30.6. The van der Waals surface area contributed by atoms with Crippen LogP contribution in [-0.4, -0.2) is 5.54 Å². The Morgan fingerprint density at radius 1 is 1.38 bits per heavy atom. The van der Waals surface area contributed by atoms with Gasteiger partial charge < -0.3 is 5.32 Å². The molecular weight excluding hydrogens is 214 g/mol. The Hall–Kier alpha value is -0.340. The summed E-state index contributed by atoms with van der Waals surface area (Å²) in [5, 5.41) is 3.76. The molecule has 0 aliphatic heterocycles. The molecule has 2 rings (SSSR count). The highest BCUT2D eigenvalue weighted by molar-refractivity contribution is 7.11. The number of nitrogens with one attached hydrogen (secondary N) is 1. The maximum atomic E-state index is 3.76. The van der Waals surface area contributed by atoms with Crippen LogP contribution >= 0.6 is 11.3 Å². The summed E-state index contributed by atoms with van der Waals surface area (Å²) < 4.78 is 0. The smallest absolute Gasteiger partial charge is 0.0304 e. The summed E-state index contributed by atoms with van der Waals surface area (Å²) in [5.74, 6) is 0.929. The maximum absolute atomic E-state index is 3.76. The average molecular weight is 237 g/mol. The van der Waals surface area contributed by atoms with Gasteiger partial charge in [-0.05, 0) is 57.6 Å². The van der Waals surface area contributed by atoms with Crippen molar-refractivity contribution < 1.29 is 0 Å². The van der Waals surface area contributed by atoms with E-state index in [9.17, 15) is 0 Å². The molecule has 90 valence electrons. The van der Waals surface area contributed by atoms with Crippen LogP contribution in [0.3, 0.4) is 0 Å². The van der Waals surface area contributed by atoms with Gasteiger partial charge in [-0.2, -0.15) is 0 Å². The van der Waals surface area contributed by atoms with Gasteiger partial charge in [-0.25, -0.2) is 0 Å². The second kappa shape index (κ2) is 4.89. The lowest BCUT2D eigenvalue weighted by Crippen LogP contribution is -2.44. The summed E-state index contributed by atoms with van der Waals surface area (Å²) in [7, 11) is 0. The quantitative estimate of drug-likeness (QED) is 0.834. The first-order valence-electron chi connectivity index (χ1n) is 6.38. The van der Waals surface area contributed by atoms with Crippen LogP contribution in [0.25, 0.3) is 0 Å². The summed E-state index contributed by atoms with van der Waals surface area (Å²) in [5.41, 5.74) is 0.379. The minimum atomic E-state index is 0.379. The second-order valence-corrected chi connectivity index (χ2v) is 6.98. The fourth-order valence-electron chi connectivity index (χ4n) is 2.46. The lowest BCUT2D eigenvalue weighted by atomic mass is 9.78. The highest BCUT2D eigenvalue weighted by atomic mass is 32.1. The van der Waals surface area contributed by atoms with Crippen LogP contribution in [0, 0.1) is 12.8 Å². The van der Waals surface area contributed by atoms with Crippen molar-refractivity contribution in [2.24, 2.45) is 5.92 Å². The van der Waals surface area contributed by atoms with E-state index in [0.717, 1.165) is 12.5 Å². The van der Waals surface area contributed by atoms with E-state index >= 15 is 0 Å². The summed E-state index contributed by atoms with van der Waals surface area (Å²) in [6.07, 6.45) is 5.43. The van der Waals surface area contributed by atoms with Gasteiger partial charge >= 0.3 is 0 Å². The number of aryl methyl sites for hydroxylation is 1. The standard InChI is InChI=1S/C14H23NS/c1-11-6-8-14(3,9-7-11)15-10-13-5-4-12(2)16-13/h4-5,11,15H,6-10H2,1-3H3. The molecule has 0 spiro atoms. The Balaban J connectivity index is 1.85. The van der Waals surface area contributed by atoms with Crippen molar-refractivity contribution in [1.82, 2.24) is 5.32 Å². The number of hydrogen-bond donors (Lipinski definition) is 1. The third-order valence-electron chi connectivity index (χ3n) is 3.86. The SMILES string of the molecule is Cc1ccc(CNC2(C)CCC(C)CC2)s1. The van der Waals surface area contributed by atoms with Crippen molar-refractivity contribution in [3.05, 3.63) is 21.9 Å². The fourth-order valence-corrected chi connectivity index (χ4v) is 3.29. The topological polar surface area (TPSA) is 12.0 Å². The molecule has 0 atom stereocenters. The lowest BCUT2D eigenvalue weighted by molar-refractivity contribution is 0.213. The third kappa shape index (κ3) is 3.08. The highest BCUT2D eigenvalue weighted by Crippen LogP contribution is 2.31. The van der Waals surface area contributed by atoms with Crippen molar-refractivity contribution in [2.45, 2.75) is 58.5 Å². The van der Waals surface area contributed by atoms with Crippen LogP contribution in [0.15, 0.2) is 12.1 Å². The Morgan fingerprint density at radius 2 is 2.06 bits per heavy atom. The number of thiophene rings is 1. The molecule has 1 aromatic rings. The van der Waals surface area contributed by atoms with E-state index < -0.39 is 0 Å². The highest BCUT2D eigenvalue weighted by Gasteiger charge is 2.28. The molecule has 0 radical (unpaired) electrons. The first-order chi connectivity index (χ1) is 7.57. The van der Waals surface area contributed by atoms with Crippen molar-refractivity contribution in [3.8, 4) is 0 Å². The van der Waals surface area contributed by atoms with Crippen molar-refractivity contribution in [1.29, 1.82) is 0 Å². The molecule has 1 heterocycles. The summed E-state index contributed by atoms with van der Waals surface area (Å²) in [4.78, 5) is 2.89. The fraction of sp³-hybridized carbons (Fsp3) is 0.714. The predicted octanol–water partition coefficient (Wildman–Crippen LogP) is 4.11. The van der Waals surface area contributed by atoms with Crippen LogP contribution in [0.4, 0.5) is 0 Å². The van der Waals surface area contributed by atoms with E-state index in [1.165, 1.54) is 35.4 Å². The molecule has 0 aromatic carbocycles. The van der Waals surface area contributed by atoms with Crippen molar-refractivity contribution >= 4 is 11.3 Å². The van der Waals surface area contributed by atoms with Gasteiger partial charge in [0.1, 0.15) is 0 Å². The van der Waals surface area contributed by atoms with Gasteiger partial charge in [0, 0.05) is 21.8 Å². The van der Waals surface area contributed by atoms with Gasteiger partial charge in [-0.3, -0.25) is 0 Å². The van der Waals surface area contributed by atoms with Gasteiger partial charge in [0.25, 0.3) is 0 Å². The zero-order valence-corrected chi connectivity index (χ0v) is 11.5. The monoisotopic (exact) mass is 237 g/mol. The van der Waals surface area contributed by atoms with E-state index in [0.29, 0.717) is 5.54 Å². The van der Waals surface area contributed by atoms with E-state index in [1.807, 2.05) is 11.3 Å². The second-order valence-electron chi connectivity index (χ2n) is 5.61. The van der Waals surface area contributed by atoms with Gasteiger partial charge in [0.15, 0.2) is 0 Å². The number of hydrogen-bond acceptors (Lipinski definition) is 2. The van der Waals surface area contributed by atoms with Gasteiger partial charge in [0.05, 0.1) is 0 Å². The van der Waals surface area contributed by atoms with E-state index in [4.69, 9.17) is 0 Å². The zero-order chi connectivity index (χ0) is 11.6. The molecule has 0 amide bonds. The van der Waals surface area contributed by atoms with Crippen molar-refractivity contribution in [2.75, 3.05) is 0 Å². The van der Waals surface area contributed by atoms with E-state index in [2.05, 4.69) is 38.2 Å². The Bertz CT molecular complexity index is 334. The summed E-state index contributed by atoms with van der Waals surface area (Å²) in [6.45, 7) is 7.99. The van der Waals surface area contributed by atoms with Crippen LogP contribution in [0.1, 0.15) is 49.3 Å². The summed E-state index contributed by atoms with van der Waals surface area (Å²) in [6, 6.07) is 4.47. The molecule has 1 N–H and O–H groups in total. The average Bonchev–Trinajstić information content (AvgIpc) is 2.67. The minimum Gasteiger partial charge on any atom is -0.307 e. The van der Waals surface area contributed by atoms with Crippen LogP contribution in [-0.2, 0) is 6.54 Å². The van der Waals surface area contributed by atoms with Crippen LogP contribution in [0.2, 0.25) is 0 Å². The molecule has 1 saturated carbocycles. The molecule has 2 heteroatoms. The van der Waals surface area contributed by atoms with Gasteiger partial charge in [0.2, 0.25) is 0 Å². The lowest BCUT2D eigenvalue weighted by Gasteiger charge is -2.37. The molecule has 0 unspecified atom stereocenters. The van der Waals surface area contributed by atoms with E-state index in [-0.39, 0.29) is 0 Å². The molecule has 16 heavy (non-hydrogen) atoms. The zero-order valence-electron chi connectivity index (χ0n) is 10.7. The van der Waals surface area contributed by atoms with Crippen LogP contribution < -0.4 is 5.32 Å². The molecule has 1 aromatic heterocycles. The van der Waals surface area contributed by atoms with Gasteiger partial charge in [-0.15, -0.1) is 11.3 Å². The molecule has 1 nitrogen and oxygen atoms in total.